The molecule has 1 rings (SSSR count). The van der Waals surface area contributed by atoms with Crippen LogP contribution in [0.4, 0.5) is 20.2 Å². The van der Waals surface area contributed by atoms with Gasteiger partial charge in [-0.2, -0.15) is 0 Å². The first-order valence-corrected chi connectivity index (χ1v) is 7.13. The van der Waals surface area contributed by atoms with Crippen molar-refractivity contribution in [2.75, 3.05) is 10.5 Å². The van der Waals surface area contributed by atoms with Crippen LogP contribution < -0.4 is 4.72 Å². The highest BCUT2D eigenvalue weighted by Gasteiger charge is 2.24. The number of carboxylic acids is 1. The number of sulfonamides is 1. The fourth-order valence-electron chi connectivity index (χ4n) is 1.42. The van der Waals surface area contributed by atoms with Crippen molar-refractivity contribution < 1.29 is 32.0 Å². The Balaban J connectivity index is 3.01. The highest BCUT2D eigenvalue weighted by atomic mass is 32.2. The summed E-state index contributed by atoms with van der Waals surface area (Å²) in [5.41, 5.74) is -2.06. The van der Waals surface area contributed by atoms with Gasteiger partial charge in [-0.3, -0.25) is 19.6 Å². The number of benzene rings is 1. The average Bonchev–Trinajstić information content (AvgIpc) is 2.31. The van der Waals surface area contributed by atoms with Crippen molar-refractivity contribution in [1.29, 1.82) is 0 Å². The molecule has 11 heteroatoms. The Kier molecular flexibility index (Phi) is 5.13. The maximum atomic E-state index is 13.5. The van der Waals surface area contributed by atoms with E-state index in [1.165, 1.54) is 0 Å². The van der Waals surface area contributed by atoms with E-state index in [-0.39, 0.29) is 6.42 Å². The first-order chi connectivity index (χ1) is 9.62. The van der Waals surface area contributed by atoms with E-state index in [0.29, 0.717) is 12.1 Å². The summed E-state index contributed by atoms with van der Waals surface area (Å²) in [4.78, 5) is 19.8. The van der Waals surface area contributed by atoms with E-state index < -0.39 is 56.1 Å². The minimum Gasteiger partial charge on any atom is -0.481 e. The molecule has 1 aromatic carbocycles. The maximum Gasteiger partial charge on any atom is 0.303 e. The standard InChI is InChI=1S/C10H10F2N2O6S/c11-6-4-7(12)10(8(5-6)14(17)18)13-21(19,20)3-1-2-9(15)16/h4-5,13H,1-3H2,(H,15,16). The largest absolute Gasteiger partial charge is 0.481 e. The first-order valence-electron chi connectivity index (χ1n) is 5.48. The highest BCUT2D eigenvalue weighted by Crippen LogP contribution is 2.29. The van der Waals surface area contributed by atoms with Gasteiger partial charge in [-0.05, 0) is 6.42 Å². The van der Waals surface area contributed by atoms with E-state index in [4.69, 9.17) is 5.11 Å². The number of halogens is 2. The van der Waals surface area contributed by atoms with Crippen LogP contribution >= 0.6 is 0 Å². The molecule has 0 heterocycles. The predicted molar refractivity (Wildman–Crippen MR) is 67.3 cm³/mol. The molecule has 0 bridgehead atoms. The van der Waals surface area contributed by atoms with Crippen molar-refractivity contribution in [2.45, 2.75) is 12.8 Å². The molecule has 0 saturated carbocycles. The number of hydrogen-bond acceptors (Lipinski definition) is 5. The van der Waals surface area contributed by atoms with Gasteiger partial charge in [0.2, 0.25) is 10.0 Å². The van der Waals surface area contributed by atoms with E-state index in [1.54, 1.807) is 4.72 Å². The molecule has 0 radical (unpaired) electrons. The fourth-order valence-corrected chi connectivity index (χ4v) is 2.56. The van der Waals surface area contributed by atoms with Crippen LogP contribution in [0.1, 0.15) is 12.8 Å². The second kappa shape index (κ2) is 6.43. The molecule has 8 nitrogen and oxygen atoms in total. The quantitative estimate of drug-likeness (QED) is 0.578. The zero-order valence-corrected chi connectivity index (χ0v) is 11.2. The number of carbonyl (C=O) groups is 1. The number of nitrogens with one attached hydrogen (secondary N) is 1. The van der Waals surface area contributed by atoms with Crippen molar-refractivity contribution in [2.24, 2.45) is 0 Å². The van der Waals surface area contributed by atoms with Crippen LogP contribution in [-0.2, 0) is 14.8 Å². The molecular formula is C10H10F2N2O6S. The number of carboxylic acid groups (broad SMARTS) is 1. The SMILES string of the molecule is O=C(O)CCCS(=O)(=O)Nc1c(F)cc(F)cc1[N+](=O)[O-]. The van der Waals surface area contributed by atoms with E-state index in [2.05, 4.69) is 0 Å². The van der Waals surface area contributed by atoms with E-state index >= 15 is 0 Å². The van der Waals surface area contributed by atoms with Crippen LogP contribution in [0, 0.1) is 21.7 Å². The monoisotopic (exact) mass is 324 g/mol. The van der Waals surface area contributed by atoms with Crippen molar-refractivity contribution in [3.05, 3.63) is 33.9 Å². The smallest absolute Gasteiger partial charge is 0.303 e. The second-order valence-corrected chi connectivity index (χ2v) is 5.80. The summed E-state index contributed by atoms with van der Waals surface area (Å²) in [6.07, 6.45) is -0.698. The number of nitro benzene ring substituents is 1. The third kappa shape index (κ3) is 4.95. The molecular weight excluding hydrogens is 314 g/mol. The van der Waals surface area contributed by atoms with Gasteiger partial charge < -0.3 is 5.11 Å². The minimum atomic E-state index is -4.20. The van der Waals surface area contributed by atoms with Gasteiger partial charge in [0.15, 0.2) is 11.5 Å². The van der Waals surface area contributed by atoms with Crippen molar-refractivity contribution in [3.8, 4) is 0 Å². The highest BCUT2D eigenvalue weighted by molar-refractivity contribution is 7.92. The lowest BCUT2D eigenvalue weighted by Gasteiger charge is -2.09. The van der Waals surface area contributed by atoms with E-state index in [0.717, 1.165) is 0 Å². The molecule has 0 spiro atoms. The molecule has 1 aromatic rings. The molecule has 21 heavy (non-hydrogen) atoms. The van der Waals surface area contributed by atoms with Gasteiger partial charge in [0.25, 0.3) is 5.69 Å². The minimum absolute atomic E-state index is 0.263. The Bertz CT molecular complexity index is 676. The summed E-state index contributed by atoms with van der Waals surface area (Å²) in [6, 6.07) is 0.667. The number of nitro groups is 1. The molecule has 0 aliphatic heterocycles. The normalized spacial score (nSPS) is 11.1. The van der Waals surface area contributed by atoms with Gasteiger partial charge in [-0.25, -0.2) is 17.2 Å². The molecule has 0 unspecified atom stereocenters. The predicted octanol–water partition coefficient (Wildman–Crippen LogP) is 1.48. The summed E-state index contributed by atoms with van der Waals surface area (Å²) in [5.74, 6) is -4.56. The van der Waals surface area contributed by atoms with Gasteiger partial charge in [0.05, 0.1) is 16.7 Å². The molecule has 116 valence electrons. The molecule has 0 saturated heterocycles. The van der Waals surface area contributed by atoms with Crippen molar-refractivity contribution in [1.82, 2.24) is 0 Å². The van der Waals surface area contributed by atoms with Gasteiger partial charge in [-0.15, -0.1) is 0 Å². The first kappa shape index (κ1) is 16.8. The summed E-state index contributed by atoms with van der Waals surface area (Å²) in [7, 11) is -4.20. The van der Waals surface area contributed by atoms with Crippen LogP contribution in [0.15, 0.2) is 12.1 Å². The molecule has 0 atom stereocenters. The third-order valence-corrected chi connectivity index (χ3v) is 3.63. The number of hydrogen-bond donors (Lipinski definition) is 2. The number of aliphatic carboxylic acids is 1. The van der Waals surface area contributed by atoms with Crippen LogP contribution in [0.25, 0.3) is 0 Å². The Morgan fingerprint density at radius 3 is 2.52 bits per heavy atom. The zero-order valence-electron chi connectivity index (χ0n) is 10.4. The van der Waals surface area contributed by atoms with Crippen molar-refractivity contribution in [3.63, 3.8) is 0 Å². The van der Waals surface area contributed by atoms with E-state index in [1.807, 2.05) is 0 Å². The zero-order chi connectivity index (χ0) is 16.2. The molecule has 0 aromatic heterocycles. The topological polar surface area (TPSA) is 127 Å². The molecule has 0 fully saturated rings. The van der Waals surface area contributed by atoms with Crippen LogP contribution in [0.2, 0.25) is 0 Å². The number of rotatable bonds is 7. The van der Waals surface area contributed by atoms with Gasteiger partial charge in [-0.1, -0.05) is 0 Å². The number of anilines is 1. The average molecular weight is 324 g/mol. The van der Waals surface area contributed by atoms with E-state index in [9.17, 15) is 32.1 Å². The molecule has 2 N–H and O–H groups in total. The fraction of sp³-hybridized carbons (Fsp3) is 0.300. The summed E-state index contributed by atoms with van der Waals surface area (Å²) >= 11 is 0. The lowest BCUT2D eigenvalue weighted by Crippen LogP contribution is -2.19. The van der Waals surface area contributed by atoms with Crippen LogP contribution in [-0.4, -0.2) is 30.2 Å². The van der Waals surface area contributed by atoms with Crippen molar-refractivity contribution >= 4 is 27.4 Å². The number of nitrogens with zero attached hydrogens (tertiary/aromatic N) is 1. The lowest BCUT2D eigenvalue weighted by atomic mass is 10.2. The molecule has 0 amide bonds. The molecule has 0 aliphatic rings. The lowest BCUT2D eigenvalue weighted by molar-refractivity contribution is -0.384. The Labute approximate surface area is 117 Å². The van der Waals surface area contributed by atoms with Gasteiger partial charge >= 0.3 is 5.97 Å². The van der Waals surface area contributed by atoms with Crippen LogP contribution in [0.3, 0.4) is 0 Å². The summed E-state index contributed by atoms with van der Waals surface area (Å²) in [5, 5.41) is 19.1. The van der Waals surface area contributed by atoms with Crippen LogP contribution in [0.5, 0.6) is 0 Å². The Morgan fingerprint density at radius 1 is 1.38 bits per heavy atom. The summed E-state index contributed by atoms with van der Waals surface area (Å²) < 4.78 is 51.2. The third-order valence-electron chi connectivity index (χ3n) is 2.29. The summed E-state index contributed by atoms with van der Waals surface area (Å²) in [6.45, 7) is 0. The Morgan fingerprint density at radius 2 is 2.00 bits per heavy atom. The van der Waals surface area contributed by atoms with Gasteiger partial charge in [0, 0.05) is 12.5 Å². The maximum absolute atomic E-state index is 13.5. The molecule has 0 aliphatic carbocycles. The second-order valence-electron chi connectivity index (χ2n) is 3.96. The Hall–Kier alpha value is -2.30. The van der Waals surface area contributed by atoms with Gasteiger partial charge in [0.1, 0.15) is 5.82 Å².